The van der Waals surface area contributed by atoms with Crippen molar-refractivity contribution >= 4 is 23.2 Å². The van der Waals surface area contributed by atoms with Gasteiger partial charge in [0.05, 0.1) is 10.7 Å². The first-order chi connectivity index (χ1) is 13.2. The van der Waals surface area contributed by atoms with Gasteiger partial charge in [0.2, 0.25) is 0 Å². The molecule has 0 aliphatic rings. The SMILES string of the molecule is CC(C)(C(=O)Nc1ccc(F)c(Cl)c1)n1nc(-c2ccc(F)cc2)ccc1=O. The minimum absolute atomic E-state index is 0.135. The molecule has 2 aromatic carbocycles. The predicted octanol–water partition coefficient (Wildman–Crippen LogP) is 4.22. The number of nitrogens with zero attached hydrogens (tertiary/aromatic N) is 2. The van der Waals surface area contributed by atoms with Crippen LogP contribution in [0.3, 0.4) is 0 Å². The third-order valence-corrected chi connectivity index (χ3v) is 4.49. The summed E-state index contributed by atoms with van der Waals surface area (Å²) in [5.41, 5.74) is -0.564. The summed E-state index contributed by atoms with van der Waals surface area (Å²) in [6, 6.07) is 12.2. The van der Waals surface area contributed by atoms with E-state index in [0.717, 1.165) is 10.7 Å². The van der Waals surface area contributed by atoms with Crippen LogP contribution in [0.25, 0.3) is 11.3 Å². The Labute approximate surface area is 164 Å². The standard InChI is InChI=1S/C20H16ClF2N3O2/c1-20(2,19(28)24-14-7-8-16(23)15(21)11-14)26-18(27)10-9-17(25-26)12-3-5-13(22)6-4-12/h3-11H,1-2H3,(H,24,28). The summed E-state index contributed by atoms with van der Waals surface area (Å²) in [7, 11) is 0. The van der Waals surface area contributed by atoms with Crippen LogP contribution in [-0.4, -0.2) is 15.7 Å². The maximum atomic E-state index is 13.3. The van der Waals surface area contributed by atoms with Gasteiger partial charge in [0.15, 0.2) is 0 Å². The van der Waals surface area contributed by atoms with Gasteiger partial charge in [0.1, 0.15) is 17.2 Å². The zero-order chi connectivity index (χ0) is 20.5. The third kappa shape index (κ3) is 3.94. The largest absolute Gasteiger partial charge is 0.324 e. The summed E-state index contributed by atoms with van der Waals surface area (Å²) in [6.45, 7) is 3.05. The average molecular weight is 404 g/mol. The lowest BCUT2D eigenvalue weighted by molar-refractivity contribution is -0.123. The molecule has 28 heavy (non-hydrogen) atoms. The van der Waals surface area contributed by atoms with Crippen LogP contribution in [0.2, 0.25) is 5.02 Å². The van der Waals surface area contributed by atoms with Crippen LogP contribution in [0.15, 0.2) is 59.4 Å². The molecule has 3 rings (SSSR count). The van der Waals surface area contributed by atoms with Crippen molar-refractivity contribution < 1.29 is 13.6 Å². The Kier molecular flexibility index (Phi) is 5.29. The zero-order valence-electron chi connectivity index (χ0n) is 15.0. The first kappa shape index (κ1) is 19.7. The van der Waals surface area contributed by atoms with E-state index in [0.29, 0.717) is 11.3 Å². The van der Waals surface area contributed by atoms with E-state index in [9.17, 15) is 18.4 Å². The number of nitrogens with one attached hydrogen (secondary N) is 1. The second-order valence-corrected chi connectivity index (χ2v) is 7.02. The number of rotatable bonds is 4. The molecule has 0 aliphatic carbocycles. The number of carbonyl (C=O) groups excluding carboxylic acids is 1. The van der Waals surface area contributed by atoms with Crippen LogP contribution in [0.5, 0.6) is 0 Å². The minimum atomic E-state index is -1.37. The fourth-order valence-electron chi connectivity index (χ4n) is 2.54. The molecular formula is C20H16ClF2N3O2. The molecule has 0 saturated carbocycles. The number of aromatic nitrogens is 2. The first-order valence-corrected chi connectivity index (χ1v) is 8.69. The summed E-state index contributed by atoms with van der Waals surface area (Å²) < 4.78 is 27.5. The summed E-state index contributed by atoms with van der Waals surface area (Å²) in [5.74, 6) is -1.54. The topological polar surface area (TPSA) is 64.0 Å². The number of amides is 1. The first-order valence-electron chi connectivity index (χ1n) is 8.32. The van der Waals surface area contributed by atoms with E-state index in [4.69, 9.17) is 11.6 Å². The van der Waals surface area contributed by atoms with Gasteiger partial charge in [-0.05, 0) is 62.4 Å². The predicted molar refractivity (Wildman–Crippen MR) is 103 cm³/mol. The van der Waals surface area contributed by atoms with Crippen LogP contribution in [0, 0.1) is 11.6 Å². The van der Waals surface area contributed by atoms with Crippen LogP contribution >= 0.6 is 11.6 Å². The normalized spacial score (nSPS) is 11.3. The molecule has 1 aromatic heterocycles. The molecule has 5 nitrogen and oxygen atoms in total. The lowest BCUT2D eigenvalue weighted by Crippen LogP contribution is -2.47. The van der Waals surface area contributed by atoms with Crippen molar-refractivity contribution in [1.29, 1.82) is 0 Å². The van der Waals surface area contributed by atoms with Gasteiger partial charge in [0, 0.05) is 17.3 Å². The van der Waals surface area contributed by atoms with Gasteiger partial charge in [-0.2, -0.15) is 5.10 Å². The smallest absolute Gasteiger partial charge is 0.267 e. The van der Waals surface area contributed by atoms with E-state index < -0.39 is 28.6 Å². The Balaban J connectivity index is 1.94. The highest BCUT2D eigenvalue weighted by Gasteiger charge is 2.32. The summed E-state index contributed by atoms with van der Waals surface area (Å²) in [5, 5.41) is 6.74. The molecule has 8 heteroatoms. The van der Waals surface area contributed by atoms with Gasteiger partial charge in [-0.1, -0.05) is 11.6 Å². The van der Waals surface area contributed by atoms with Crippen molar-refractivity contribution in [1.82, 2.24) is 9.78 Å². The van der Waals surface area contributed by atoms with E-state index >= 15 is 0 Å². The van der Waals surface area contributed by atoms with Crippen molar-refractivity contribution in [3.63, 3.8) is 0 Å². The Morgan fingerprint density at radius 1 is 1.07 bits per heavy atom. The second-order valence-electron chi connectivity index (χ2n) is 6.62. The molecule has 0 aliphatic heterocycles. The average Bonchev–Trinajstić information content (AvgIpc) is 2.65. The van der Waals surface area contributed by atoms with Crippen molar-refractivity contribution in [3.05, 3.63) is 81.6 Å². The summed E-state index contributed by atoms with van der Waals surface area (Å²) in [4.78, 5) is 25.1. The molecule has 0 fully saturated rings. The Bertz CT molecular complexity index is 1100. The van der Waals surface area contributed by atoms with Crippen LogP contribution in [0.4, 0.5) is 14.5 Å². The lowest BCUT2D eigenvalue weighted by atomic mass is 10.0. The van der Waals surface area contributed by atoms with Gasteiger partial charge < -0.3 is 5.32 Å². The van der Waals surface area contributed by atoms with Gasteiger partial charge in [-0.15, -0.1) is 0 Å². The zero-order valence-corrected chi connectivity index (χ0v) is 15.8. The molecule has 144 valence electrons. The van der Waals surface area contributed by atoms with Crippen LogP contribution in [-0.2, 0) is 10.3 Å². The van der Waals surface area contributed by atoms with Crippen molar-refractivity contribution in [3.8, 4) is 11.3 Å². The molecule has 3 aromatic rings. The highest BCUT2D eigenvalue weighted by atomic mass is 35.5. The van der Waals surface area contributed by atoms with Gasteiger partial charge in [-0.3, -0.25) is 9.59 Å². The van der Waals surface area contributed by atoms with Crippen molar-refractivity contribution in [2.24, 2.45) is 0 Å². The number of halogens is 3. The monoisotopic (exact) mass is 403 g/mol. The summed E-state index contributed by atoms with van der Waals surface area (Å²) in [6.07, 6.45) is 0. The van der Waals surface area contributed by atoms with Crippen LogP contribution in [0.1, 0.15) is 13.8 Å². The number of benzene rings is 2. The van der Waals surface area contributed by atoms with E-state index in [-0.39, 0.29) is 10.7 Å². The molecule has 0 unspecified atom stereocenters. The van der Waals surface area contributed by atoms with Gasteiger partial charge in [0.25, 0.3) is 11.5 Å². The molecule has 0 radical (unpaired) electrons. The minimum Gasteiger partial charge on any atom is -0.324 e. The van der Waals surface area contributed by atoms with Crippen LogP contribution < -0.4 is 10.9 Å². The molecule has 0 saturated heterocycles. The molecule has 1 N–H and O–H groups in total. The molecule has 0 atom stereocenters. The third-order valence-electron chi connectivity index (χ3n) is 4.20. The Morgan fingerprint density at radius 3 is 2.39 bits per heavy atom. The summed E-state index contributed by atoms with van der Waals surface area (Å²) >= 11 is 5.73. The number of hydrogen-bond donors (Lipinski definition) is 1. The molecule has 0 bridgehead atoms. The second kappa shape index (κ2) is 7.52. The maximum Gasteiger partial charge on any atom is 0.267 e. The number of anilines is 1. The lowest BCUT2D eigenvalue weighted by Gasteiger charge is -2.25. The quantitative estimate of drug-likeness (QED) is 0.709. The molecule has 1 heterocycles. The van der Waals surface area contributed by atoms with E-state index in [1.54, 1.807) is 0 Å². The number of hydrogen-bond acceptors (Lipinski definition) is 3. The molecule has 1 amide bonds. The Morgan fingerprint density at radius 2 is 1.75 bits per heavy atom. The van der Waals surface area contributed by atoms with E-state index in [2.05, 4.69) is 10.4 Å². The highest BCUT2D eigenvalue weighted by molar-refractivity contribution is 6.31. The Hall–Kier alpha value is -3.06. The van der Waals surface area contributed by atoms with Gasteiger partial charge in [-0.25, -0.2) is 13.5 Å². The van der Waals surface area contributed by atoms with E-state index in [1.807, 2.05) is 0 Å². The highest BCUT2D eigenvalue weighted by Crippen LogP contribution is 2.23. The maximum absolute atomic E-state index is 13.3. The fourth-order valence-corrected chi connectivity index (χ4v) is 2.72. The molecular weight excluding hydrogens is 388 g/mol. The molecule has 0 spiro atoms. The van der Waals surface area contributed by atoms with E-state index in [1.165, 1.54) is 62.4 Å². The fraction of sp³-hybridized carbons (Fsp3) is 0.150. The van der Waals surface area contributed by atoms with Crippen molar-refractivity contribution in [2.75, 3.05) is 5.32 Å². The van der Waals surface area contributed by atoms with Gasteiger partial charge >= 0.3 is 0 Å². The van der Waals surface area contributed by atoms with Crippen molar-refractivity contribution in [2.45, 2.75) is 19.4 Å². The number of carbonyl (C=O) groups is 1.